The van der Waals surface area contributed by atoms with E-state index in [-0.39, 0.29) is 11.6 Å². The van der Waals surface area contributed by atoms with E-state index in [4.69, 9.17) is 5.11 Å². The lowest BCUT2D eigenvalue weighted by Crippen LogP contribution is -2.06. The summed E-state index contributed by atoms with van der Waals surface area (Å²) in [6.07, 6.45) is 1.49. The van der Waals surface area contributed by atoms with Crippen molar-refractivity contribution in [3.8, 4) is 11.6 Å². The summed E-state index contributed by atoms with van der Waals surface area (Å²) < 4.78 is 2.67. The maximum atomic E-state index is 10.7. The van der Waals surface area contributed by atoms with Gasteiger partial charge in [0.05, 0.1) is 0 Å². The first-order valence-electron chi connectivity index (χ1n) is 4.08. The van der Waals surface area contributed by atoms with E-state index in [1.54, 1.807) is 7.05 Å². The van der Waals surface area contributed by atoms with Crippen molar-refractivity contribution in [1.82, 2.24) is 29.5 Å². The Kier molecular flexibility index (Phi) is 1.96. The van der Waals surface area contributed by atoms with Crippen LogP contribution in [0, 0.1) is 0 Å². The number of carbonyl (C=O) groups is 1. The highest BCUT2D eigenvalue weighted by Gasteiger charge is 2.16. The smallest absolute Gasteiger partial charge is 0.373 e. The molecule has 0 aliphatic rings. The molecule has 0 fully saturated rings. The SMILES string of the molecule is Cn1cnc(-c2nc(C(=O)O)n(C)n2)n1. The van der Waals surface area contributed by atoms with Crippen molar-refractivity contribution in [2.75, 3.05) is 0 Å². The Balaban J connectivity index is 2.46. The molecule has 8 nitrogen and oxygen atoms in total. The number of nitrogens with zero attached hydrogens (tertiary/aromatic N) is 6. The molecule has 8 heteroatoms. The summed E-state index contributed by atoms with van der Waals surface area (Å²) in [4.78, 5) is 18.4. The summed E-state index contributed by atoms with van der Waals surface area (Å²) in [5.41, 5.74) is 0. The molecular weight excluding hydrogens is 200 g/mol. The zero-order chi connectivity index (χ0) is 11.0. The minimum absolute atomic E-state index is 0.141. The van der Waals surface area contributed by atoms with Gasteiger partial charge in [-0.2, -0.15) is 4.98 Å². The molecule has 0 radical (unpaired) electrons. The Labute approximate surface area is 84.2 Å². The number of aromatic nitrogens is 6. The molecule has 0 amide bonds. The van der Waals surface area contributed by atoms with E-state index in [1.165, 1.54) is 22.7 Å². The van der Waals surface area contributed by atoms with Crippen LogP contribution in [0.5, 0.6) is 0 Å². The van der Waals surface area contributed by atoms with Crippen molar-refractivity contribution in [3.63, 3.8) is 0 Å². The minimum atomic E-state index is -1.13. The van der Waals surface area contributed by atoms with Gasteiger partial charge in [0.25, 0.3) is 0 Å². The van der Waals surface area contributed by atoms with Crippen LogP contribution >= 0.6 is 0 Å². The second-order valence-corrected chi connectivity index (χ2v) is 2.93. The lowest BCUT2D eigenvalue weighted by molar-refractivity contribution is 0.0678. The fraction of sp³-hybridized carbons (Fsp3) is 0.286. The fourth-order valence-electron chi connectivity index (χ4n) is 1.11. The first-order valence-corrected chi connectivity index (χ1v) is 4.08. The van der Waals surface area contributed by atoms with Gasteiger partial charge in [-0.15, -0.1) is 10.2 Å². The molecule has 0 saturated heterocycles. The molecule has 15 heavy (non-hydrogen) atoms. The maximum absolute atomic E-state index is 10.7. The lowest BCUT2D eigenvalue weighted by atomic mass is 10.6. The molecule has 2 aromatic heterocycles. The van der Waals surface area contributed by atoms with Crippen LogP contribution in [-0.4, -0.2) is 40.6 Å². The Hall–Kier alpha value is -2.25. The molecule has 1 N–H and O–H groups in total. The van der Waals surface area contributed by atoms with Crippen LogP contribution in [0.25, 0.3) is 11.6 Å². The van der Waals surface area contributed by atoms with E-state index < -0.39 is 5.97 Å². The van der Waals surface area contributed by atoms with Crippen molar-refractivity contribution in [2.24, 2.45) is 14.1 Å². The standard InChI is InChI=1S/C7H8N6O2/c1-12-3-8-4(10-12)5-9-6(7(14)15)13(2)11-5/h3H,1-2H3,(H,14,15). The Morgan fingerprint density at radius 3 is 2.53 bits per heavy atom. The number of rotatable bonds is 2. The average molecular weight is 208 g/mol. The third-order valence-electron chi connectivity index (χ3n) is 1.75. The van der Waals surface area contributed by atoms with E-state index in [9.17, 15) is 4.79 Å². The summed E-state index contributed by atoms with van der Waals surface area (Å²) in [6, 6.07) is 0. The van der Waals surface area contributed by atoms with E-state index in [0.29, 0.717) is 5.82 Å². The number of hydrogen-bond acceptors (Lipinski definition) is 5. The topological polar surface area (TPSA) is 98.7 Å². The summed E-state index contributed by atoms with van der Waals surface area (Å²) >= 11 is 0. The minimum Gasteiger partial charge on any atom is -0.475 e. The van der Waals surface area contributed by atoms with Crippen molar-refractivity contribution in [2.45, 2.75) is 0 Å². The van der Waals surface area contributed by atoms with Crippen LogP contribution in [0.1, 0.15) is 10.6 Å². The molecule has 0 atom stereocenters. The largest absolute Gasteiger partial charge is 0.475 e. The first-order chi connectivity index (χ1) is 7.08. The molecule has 2 aromatic rings. The number of carboxylic acids is 1. The lowest BCUT2D eigenvalue weighted by Gasteiger charge is -1.88. The van der Waals surface area contributed by atoms with Crippen LogP contribution in [0.15, 0.2) is 6.33 Å². The van der Waals surface area contributed by atoms with E-state index in [0.717, 1.165) is 0 Å². The zero-order valence-electron chi connectivity index (χ0n) is 8.12. The van der Waals surface area contributed by atoms with Gasteiger partial charge in [0.15, 0.2) is 0 Å². The normalized spacial score (nSPS) is 10.5. The van der Waals surface area contributed by atoms with E-state index in [1.807, 2.05) is 0 Å². The van der Waals surface area contributed by atoms with Crippen LogP contribution in [0.2, 0.25) is 0 Å². The van der Waals surface area contributed by atoms with E-state index in [2.05, 4.69) is 20.2 Å². The molecule has 0 spiro atoms. The van der Waals surface area contributed by atoms with Crippen molar-refractivity contribution in [3.05, 3.63) is 12.2 Å². The quantitative estimate of drug-likeness (QED) is 0.701. The maximum Gasteiger partial charge on any atom is 0.373 e. The van der Waals surface area contributed by atoms with E-state index >= 15 is 0 Å². The van der Waals surface area contributed by atoms with Gasteiger partial charge in [-0.05, 0) is 0 Å². The van der Waals surface area contributed by atoms with Crippen LogP contribution < -0.4 is 0 Å². The van der Waals surface area contributed by atoms with Gasteiger partial charge in [0, 0.05) is 14.1 Å². The van der Waals surface area contributed by atoms with Gasteiger partial charge in [0.1, 0.15) is 6.33 Å². The number of carboxylic acid groups (broad SMARTS) is 1. The van der Waals surface area contributed by atoms with Crippen LogP contribution in [-0.2, 0) is 14.1 Å². The predicted molar refractivity (Wildman–Crippen MR) is 48.0 cm³/mol. The van der Waals surface area contributed by atoms with Crippen LogP contribution in [0.4, 0.5) is 0 Å². The second-order valence-electron chi connectivity index (χ2n) is 2.93. The number of aryl methyl sites for hydroxylation is 2. The molecule has 0 aliphatic carbocycles. The molecule has 0 unspecified atom stereocenters. The second kappa shape index (κ2) is 3.15. The highest BCUT2D eigenvalue weighted by molar-refractivity contribution is 5.83. The van der Waals surface area contributed by atoms with Gasteiger partial charge in [-0.3, -0.25) is 4.68 Å². The zero-order valence-corrected chi connectivity index (χ0v) is 8.12. The van der Waals surface area contributed by atoms with Gasteiger partial charge in [-0.1, -0.05) is 0 Å². The fourth-order valence-corrected chi connectivity index (χ4v) is 1.11. The average Bonchev–Trinajstić information content (AvgIpc) is 2.71. The molecule has 0 aliphatic heterocycles. The van der Waals surface area contributed by atoms with Crippen molar-refractivity contribution < 1.29 is 9.90 Å². The van der Waals surface area contributed by atoms with Crippen molar-refractivity contribution in [1.29, 1.82) is 0 Å². The third-order valence-corrected chi connectivity index (χ3v) is 1.75. The predicted octanol–water partition coefficient (Wildman–Crippen LogP) is -0.691. The third kappa shape index (κ3) is 1.56. The summed E-state index contributed by atoms with van der Waals surface area (Å²) in [6.45, 7) is 0. The van der Waals surface area contributed by atoms with Crippen LogP contribution in [0.3, 0.4) is 0 Å². The highest BCUT2D eigenvalue weighted by Crippen LogP contribution is 2.08. The molecule has 0 aromatic carbocycles. The Morgan fingerprint density at radius 2 is 2.07 bits per heavy atom. The number of hydrogen-bond donors (Lipinski definition) is 1. The van der Waals surface area contributed by atoms with Gasteiger partial charge in [0.2, 0.25) is 17.5 Å². The molecule has 0 bridgehead atoms. The Morgan fingerprint density at radius 1 is 1.33 bits per heavy atom. The molecule has 78 valence electrons. The molecular formula is C7H8N6O2. The highest BCUT2D eigenvalue weighted by atomic mass is 16.4. The number of aromatic carboxylic acids is 1. The summed E-state index contributed by atoms with van der Waals surface area (Å²) in [5, 5.41) is 16.6. The summed E-state index contributed by atoms with van der Waals surface area (Å²) in [7, 11) is 3.21. The van der Waals surface area contributed by atoms with Gasteiger partial charge in [-0.25, -0.2) is 14.5 Å². The molecule has 2 heterocycles. The first kappa shape index (κ1) is 9.31. The molecule has 2 rings (SSSR count). The van der Waals surface area contributed by atoms with Crippen molar-refractivity contribution >= 4 is 5.97 Å². The van der Waals surface area contributed by atoms with Gasteiger partial charge >= 0.3 is 5.97 Å². The summed E-state index contributed by atoms with van der Waals surface area (Å²) in [5.74, 6) is -0.763. The van der Waals surface area contributed by atoms with Gasteiger partial charge < -0.3 is 5.11 Å². The molecule has 0 saturated carbocycles. The monoisotopic (exact) mass is 208 g/mol. The Bertz CT molecular complexity index is 513.